The minimum Gasteiger partial charge on any atom is -0.456 e. The fourth-order valence-corrected chi connectivity index (χ4v) is 10.5. The lowest BCUT2D eigenvalue weighted by atomic mass is 9.76. The predicted octanol–water partition coefficient (Wildman–Crippen LogP) is 7.19. The van der Waals surface area contributed by atoms with Crippen molar-refractivity contribution in [2.45, 2.75) is 91.4 Å². The summed E-state index contributed by atoms with van der Waals surface area (Å²) in [4.78, 5) is 26.4. The Morgan fingerprint density at radius 3 is 1.93 bits per heavy atom. The average molecular weight is 619 g/mol. The maximum absolute atomic E-state index is 13.3. The normalized spacial score (nSPS) is 15.3. The molecule has 2 rings (SSSR count). The van der Waals surface area contributed by atoms with Gasteiger partial charge in [0.1, 0.15) is 11.9 Å². The summed E-state index contributed by atoms with van der Waals surface area (Å²) >= 11 is 0. The van der Waals surface area contributed by atoms with Crippen molar-refractivity contribution in [2.24, 2.45) is 17.3 Å². The Hall–Kier alpha value is -3.06. The summed E-state index contributed by atoms with van der Waals surface area (Å²) in [7, 11) is -2.82. The van der Waals surface area contributed by atoms with E-state index < -0.39 is 37.8 Å². The molecule has 0 aromatic heterocycles. The Morgan fingerprint density at radius 1 is 0.909 bits per heavy atom. The highest BCUT2D eigenvalue weighted by Gasteiger charge is 2.50. The minimum absolute atomic E-state index is 0.0196. The molecule has 240 valence electrons. The summed E-state index contributed by atoms with van der Waals surface area (Å²) in [5.41, 5.74) is -0.959. The van der Waals surface area contributed by atoms with E-state index in [1.165, 1.54) is 6.08 Å². The Kier molecular flexibility index (Phi) is 14.2. The minimum atomic E-state index is -2.82. The molecule has 0 fully saturated rings. The van der Waals surface area contributed by atoms with Crippen LogP contribution in [0.2, 0.25) is 5.04 Å². The molecule has 1 N–H and O–H groups in total. The molecule has 0 unspecified atom stereocenters. The summed E-state index contributed by atoms with van der Waals surface area (Å²) in [5, 5.41) is 12.9. The molecule has 2 aromatic rings. The Morgan fingerprint density at radius 2 is 1.45 bits per heavy atom. The number of hydrogen-bond donors (Lipinski definition) is 1. The van der Waals surface area contributed by atoms with Crippen molar-refractivity contribution in [2.75, 3.05) is 6.61 Å². The molecule has 0 bridgehead atoms. The number of Topliss-reactive ketones (excluding diaryl/α,β-unsaturated/α-hetero) is 1. The smallest absolute Gasteiger partial charge is 0.330 e. The van der Waals surface area contributed by atoms with Gasteiger partial charge in [0.05, 0.1) is 12.7 Å². The van der Waals surface area contributed by atoms with Crippen LogP contribution in [0.25, 0.3) is 0 Å². The molecule has 0 saturated heterocycles. The number of benzene rings is 2. The van der Waals surface area contributed by atoms with E-state index in [1.807, 2.05) is 49.4 Å². The second-order valence-electron chi connectivity index (χ2n) is 13.5. The molecule has 0 saturated carbocycles. The zero-order chi connectivity index (χ0) is 33.0. The van der Waals surface area contributed by atoms with Gasteiger partial charge in [-0.3, -0.25) is 4.79 Å². The Bertz CT molecular complexity index is 1190. The van der Waals surface area contributed by atoms with Crippen LogP contribution in [0.4, 0.5) is 0 Å². The molecule has 0 amide bonds. The quantitative estimate of drug-likeness (QED) is 0.0629. The summed E-state index contributed by atoms with van der Waals surface area (Å²) in [6.07, 6.45) is 8.21. The van der Waals surface area contributed by atoms with E-state index >= 15 is 0 Å². The van der Waals surface area contributed by atoms with Crippen LogP contribution < -0.4 is 10.4 Å². The van der Waals surface area contributed by atoms with E-state index in [0.29, 0.717) is 6.42 Å². The van der Waals surface area contributed by atoms with E-state index in [-0.39, 0.29) is 23.3 Å². The van der Waals surface area contributed by atoms with Gasteiger partial charge in [0.2, 0.25) is 0 Å². The van der Waals surface area contributed by atoms with Crippen molar-refractivity contribution < 1.29 is 23.9 Å². The van der Waals surface area contributed by atoms with Crippen molar-refractivity contribution in [1.82, 2.24) is 0 Å². The molecule has 0 radical (unpaired) electrons. The first kappa shape index (κ1) is 37.1. The largest absolute Gasteiger partial charge is 0.456 e. The van der Waals surface area contributed by atoms with Gasteiger partial charge in [-0.1, -0.05) is 114 Å². The number of carbonyl (C=O) groups is 2. The molecule has 0 aliphatic rings. The van der Waals surface area contributed by atoms with E-state index in [9.17, 15) is 14.7 Å². The molecule has 6 heteroatoms. The van der Waals surface area contributed by atoms with Gasteiger partial charge in [0.15, 0.2) is 0 Å². The number of hydrogen-bond acceptors (Lipinski definition) is 5. The maximum Gasteiger partial charge on any atom is 0.330 e. The van der Waals surface area contributed by atoms with E-state index in [0.717, 1.165) is 29.6 Å². The van der Waals surface area contributed by atoms with Crippen molar-refractivity contribution >= 4 is 30.4 Å². The van der Waals surface area contributed by atoms with Crippen LogP contribution in [0.15, 0.2) is 98.1 Å². The second kappa shape index (κ2) is 16.9. The third-order valence-corrected chi connectivity index (χ3v) is 13.5. The zero-order valence-electron chi connectivity index (χ0n) is 27.9. The van der Waals surface area contributed by atoms with Gasteiger partial charge in [0, 0.05) is 23.8 Å². The van der Waals surface area contributed by atoms with Gasteiger partial charge in [-0.25, -0.2) is 4.79 Å². The average Bonchev–Trinajstić information content (AvgIpc) is 2.99. The Labute approximate surface area is 267 Å². The van der Waals surface area contributed by atoms with Crippen LogP contribution in [0.3, 0.4) is 0 Å². The van der Waals surface area contributed by atoms with Crippen molar-refractivity contribution in [1.29, 1.82) is 0 Å². The van der Waals surface area contributed by atoms with Crippen molar-refractivity contribution in [3.63, 3.8) is 0 Å². The number of unbranched alkanes of at least 4 members (excludes halogenated alkanes) is 1. The lowest BCUT2D eigenvalue weighted by Gasteiger charge is -2.43. The van der Waals surface area contributed by atoms with Gasteiger partial charge in [-0.2, -0.15) is 0 Å². The Balaban J connectivity index is 2.21. The maximum atomic E-state index is 13.3. The SMILES string of the molecule is C=CCCC[C@H](C)[C@H](O)[C@@H](C)C(=O)C(C)(C)/C=C/C(=O)O[C@@H](CC=C)CO[Si](c1ccccc1)(c1ccccc1)C(C)(C)C. The number of carbonyl (C=O) groups excluding carboxylic acids is 2. The first-order valence-electron chi connectivity index (χ1n) is 15.8. The molecule has 0 heterocycles. The molecular formula is C38H54O5Si. The summed E-state index contributed by atoms with van der Waals surface area (Å²) in [6, 6.07) is 20.7. The van der Waals surface area contributed by atoms with Crippen LogP contribution in [-0.4, -0.2) is 44.0 Å². The van der Waals surface area contributed by atoms with E-state index in [2.05, 4.69) is 58.2 Å². The molecule has 2 aromatic carbocycles. The third kappa shape index (κ3) is 9.72. The molecule has 0 spiro atoms. The molecule has 44 heavy (non-hydrogen) atoms. The number of ketones is 1. The second-order valence-corrected chi connectivity index (χ2v) is 17.8. The lowest BCUT2D eigenvalue weighted by molar-refractivity contribution is -0.144. The van der Waals surface area contributed by atoms with Gasteiger partial charge in [-0.15, -0.1) is 13.2 Å². The van der Waals surface area contributed by atoms with Gasteiger partial charge in [0.25, 0.3) is 8.32 Å². The summed E-state index contributed by atoms with van der Waals surface area (Å²) < 4.78 is 12.9. The number of aliphatic hydroxyl groups excluding tert-OH is 1. The fourth-order valence-electron chi connectivity index (χ4n) is 5.87. The number of allylic oxidation sites excluding steroid dienone is 2. The van der Waals surface area contributed by atoms with Gasteiger partial charge >= 0.3 is 5.97 Å². The molecule has 0 aliphatic carbocycles. The number of rotatable bonds is 18. The van der Waals surface area contributed by atoms with Crippen molar-refractivity contribution in [3.8, 4) is 0 Å². The number of ether oxygens (including phenoxy) is 1. The highest BCUT2D eigenvalue weighted by Crippen LogP contribution is 2.37. The zero-order valence-corrected chi connectivity index (χ0v) is 28.9. The summed E-state index contributed by atoms with van der Waals surface area (Å²) in [5.74, 6) is -1.26. The van der Waals surface area contributed by atoms with Crippen LogP contribution >= 0.6 is 0 Å². The molecule has 0 aliphatic heterocycles. The van der Waals surface area contributed by atoms with Crippen LogP contribution in [0.5, 0.6) is 0 Å². The lowest BCUT2D eigenvalue weighted by Crippen LogP contribution is -2.67. The van der Waals surface area contributed by atoms with Crippen LogP contribution in [-0.2, 0) is 18.8 Å². The monoisotopic (exact) mass is 618 g/mol. The first-order chi connectivity index (χ1) is 20.7. The third-order valence-electron chi connectivity index (χ3n) is 8.46. The predicted molar refractivity (Wildman–Crippen MR) is 185 cm³/mol. The number of esters is 1. The van der Waals surface area contributed by atoms with Gasteiger partial charge in [-0.05, 0) is 54.4 Å². The number of aliphatic hydroxyl groups is 1. The van der Waals surface area contributed by atoms with E-state index in [1.54, 1.807) is 32.9 Å². The highest BCUT2D eigenvalue weighted by atomic mass is 28.4. The molecule has 4 atom stereocenters. The highest BCUT2D eigenvalue weighted by molar-refractivity contribution is 6.99. The van der Waals surface area contributed by atoms with E-state index in [4.69, 9.17) is 9.16 Å². The standard InChI is InChI=1S/C38H54O5Si/c1-10-12-15-21-29(3)35(40)30(4)36(41)38(8,9)27-26-34(39)43-31(20-11-2)28-42-44(37(5,6)7,32-22-16-13-17-23-32)33-24-18-14-19-25-33/h10-11,13-14,16-19,22-27,29-31,35,40H,1-2,12,15,20-21,28H2,3-9H3/b27-26+/t29-,30+,31-,35-/m0/s1. The van der Waals surface area contributed by atoms with Crippen LogP contribution in [0.1, 0.15) is 74.1 Å². The topological polar surface area (TPSA) is 72.8 Å². The van der Waals surface area contributed by atoms with Gasteiger partial charge < -0.3 is 14.3 Å². The summed E-state index contributed by atoms with van der Waals surface area (Å²) in [6.45, 7) is 21.7. The molecular weight excluding hydrogens is 564 g/mol. The molecule has 5 nitrogen and oxygen atoms in total. The fraction of sp³-hybridized carbons (Fsp3) is 0.474. The van der Waals surface area contributed by atoms with Crippen LogP contribution in [0, 0.1) is 17.3 Å². The van der Waals surface area contributed by atoms with Crippen molar-refractivity contribution in [3.05, 3.63) is 98.1 Å². The first-order valence-corrected chi connectivity index (χ1v) is 17.7.